The van der Waals surface area contributed by atoms with Gasteiger partial charge in [-0.05, 0) is 42.0 Å². The molecule has 7 nitrogen and oxygen atoms in total. The van der Waals surface area contributed by atoms with Gasteiger partial charge in [-0.25, -0.2) is 9.96 Å². The molecule has 0 radical (unpaired) electrons. The van der Waals surface area contributed by atoms with Crippen molar-refractivity contribution in [3.63, 3.8) is 0 Å². The highest BCUT2D eigenvalue weighted by Crippen LogP contribution is 2.48. The first kappa shape index (κ1) is 20.1. The lowest BCUT2D eigenvalue weighted by atomic mass is 9.90. The van der Waals surface area contributed by atoms with Crippen molar-refractivity contribution in [3.05, 3.63) is 84.4 Å². The van der Waals surface area contributed by atoms with Crippen molar-refractivity contribution < 1.29 is 23.9 Å². The number of rotatable bonds is 5. The summed E-state index contributed by atoms with van der Waals surface area (Å²) in [5.74, 6) is -0.263. The number of carbonyl (C=O) groups excluding carboxylic acids is 2. The SMILES string of the molecule is COc1ccc([C@@H]2[C@@H]3C(=O)N(c4ccccc4OC)C(=O)[C@H]3ON2c2ccccc2)cc1. The van der Waals surface area contributed by atoms with E-state index in [1.165, 1.54) is 12.0 Å². The van der Waals surface area contributed by atoms with Gasteiger partial charge in [0.2, 0.25) is 5.91 Å². The standard InChI is InChI=1S/C25H22N2O5/c1-30-18-14-12-16(13-15-18)22-21-23(32-27(22)17-8-4-3-5-9-17)25(29)26(24(21)28)19-10-6-7-11-20(19)31-2/h3-15,21-23H,1-2H3/t21-,22+,23-/m0/s1. The van der Waals surface area contributed by atoms with Gasteiger partial charge in [0.05, 0.1) is 31.6 Å². The summed E-state index contributed by atoms with van der Waals surface area (Å²) in [5.41, 5.74) is 2.04. The van der Waals surface area contributed by atoms with Crippen molar-refractivity contribution in [2.75, 3.05) is 24.2 Å². The van der Waals surface area contributed by atoms with E-state index in [4.69, 9.17) is 14.3 Å². The number of para-hydroxylation sites is 3. The minimum atomic E-state index is -0.931. The Bertz CT molecular complexity index is 1150. The van der Waals surface area contributed by atoms with Crippen molar-refractivity contribution >= 4 is 23.2 Å². The fourth-order valence-electron chi connectivity index (χ4n) is 4.41. The molecule has 3 aromatic rings. The number of carbonyl (C=O) groups is 2. The molecule has 2 amide bonds. The summed E-state index contributed by atoms with van der Waals surface area (Å²) in [4.78, 5) is 34.4. The second kappa shape index (κ2) is 8.01. The third-order valence-electron chi connectivity index (χ3n) is 5.91. The molecule has 3 aromatic carbocycles. The number of nitrogens with zero attached hydrogens (tertiary/aromatic N) is 2. The van der Waals surface area contributed by atoms with Crippen molar-refractivity contribution in [1.29, 1.82) is 0 Å². The van der Waals surface area contributed by atoms with E-state index in [0.717, 1.165) is 11.3 Å². The zero-order valence-corrected chi connectivity index (χ0v) is 17.7. The van der Waals surface area contributed by atoms with Crippen LogP contribution in [0.3, 0.4) is 0 Å². The average molecular weight is 430 g/mol. The van der Waals surface area contributed by atoms with E-state index in [-0.39, 0.29) is 5.91 Å². The lowest BCUT2D eigenvalue weighted by Crippen LogP contribution is -2.37. The van der Waals surface area contributed by atoms with Crippen LogP contribution in [-0.2, 0) is 14.4 Å². The van der Waals surface area contributed by atoms with Gasteiger partial charge in [-0.1, -0.05) is 42.5 Å². The topological polar surface area (TPSA) is 68.3 Å². The zero-order chi connectivity index (χ0) is 22.2. The molecular formula is C25H22N2O5. The average Bonchev–Trinajstić information content (AvgIpc) is 3.35. The summed E-state index contributed by atoms with van der Waals surface area (Å²) in [6.07, 6.45) is -0.931. The van der Waals surface area contributed by atoms with Gasteiger partial charge in [0.1, 0.15) is 17.4 Å². The lowest BCUT2D eigenvalue weighted by molar-refractivity contribution is -0.126. The van der Waals surface area contributed by atoms with Crippen molar-refractivity contribution in [3.8, 4) is 11.5 Å². The number of hydrogen-bond donors (Lipinski definition) is 0. The number of fused-ring (bicyclic) bond motifs is 1. The fraction of sp³-hybridized carbons (Fsp3) is 0.200. The Morgan fingerprint density at radius 3 is 2.16 bits per heavy atom. The van der Waals surface area contributed by atoms with Crippen molar-refractivity contribution in [2.24, 2.45) is 5.92 Å². The Morgan fingerprint density at radius 1 is 0.781 bits per heavy atom. The van der Waals surface area contributed by atoms with Gasteiger partial charge in [0.25, 0.3) is 5.91 Å². The van der Waals surface area contributed by atoms with Gasteiger partial charge in [0, 0.05) is 0 Å². The molecule has 162 valence electrons. The molecule has 2 aliphatic rings. The monoisotopic (exact) mass is 430 g/mol. The Kier molecular flexibility index (Phi) is 5.03. The molecule has 7 heteroatoms. The molecule has 0 unspecified atom stereocenters. The highest BCUT2D eigenvalue weighted by Gasteiger charge is 2.60. The highest BCUT2D eigenvalue weighted by molar-refractivity contribution is 6.24. The minimum absolute atomic E-state index is 0.316. The Balaban J connectivity index is 1.59. The van der Waals surface area contributed by atoms with E-state index < -0.39 is 24.0 Å². The molecule has 0 bridgehead atoms. The smallest absolute Gasteiger partial charge is 0.266 e. The molecule has 0 N–H and O–H groups in total. The largest absolute Gasteiger partial charge is 0.497 e. The van der Waals surface area contributed by atoms with Crippen molar-refractivity contribution in [2.45, 2.75) is 12.1 Å². The van der Waals surface area contributed by atoms with Gasteiger partial charge in [0.15, 0.2) is 6.10 Å². The van der Waals surface area contributed by atoms with Crippen LogP contribution in [-0.4, -0.2) is 32.1 Å². The van der Waals surface area contributed by atoms with Crippen LogP contribution >= 0.6 is 0 Å². The molecule has 0 aliphatic carbocycles. The number of imide groups is 1. The Morgan fingerprint density at radius 2 is 1.47 bits per heavy atom. The van der Waals surface area contributed by atoms with Crippen LogP contribution < -0.4 is 19.4 Å². The minimum Gasteiger partial charge on any atom is -0.497 e. The fourth-order valence-corrected chi connectivity index (χ4v) is 4.41. The van der Waals surface area contributed by atoms with E-state index in [0.29, 0.717) is 17.2 Å². The summed E-state index contributed by atoms with van der Waals surface area (Å²) in [6, 6.07) is 23.5. The maximum absolute atomic E-state index is 13.7. The van der Waals surface area contributed by atoms with Crippen LogP contribution in [0.4, 0.5) is 11.4 Å². The predicted octanol–water partition coefficient (Wildman–Crippen LogP) is 3.75. The van der Waals surface area contributed by atoms with Crippen LogP contribution in [0.2, 0.25) is 0 Å². The zero-order valence-electron chi connectivity index (χ0n) is 17.7. The Hall–Kier alpha value is -3.84. The summed E-state index contributed by atoms with van der Waals surface area (Å²) in [7, 11) is 3.11. The summed E-state index contributed by atoms with van der Waals surface area (Å²) >= 11 is 0. The maximum atomic E-state index is 13.7. The van der Waals surface area contributed by atoms with Crippen LogP contribution in [0.5, 0.6) is 11.5 Å². The van der Waals surface area contributed by atoms with E-state index >= 15 is 0 Å². The number of hydroxylamine groups is 1. The lowest BCUT2D eigenvalue weighted by Gasteiger charge is -2.29. The second-order valence-electron chi connectivity index (χ2n) is 7.61. The third kappa shape index (κ3) is 3.09. The molecule has 0 saturated carbocycles. The molecule has 0 aromatic heterocycles. The van der Waals surface area contributed by atoms with Gasteiger partial charge in [-0.15, -0.1) is 0 Å². The number of anilines is 2. The molecule has 2 fully saturated rings. The number of amides is 2. The summed E-state index contributed by atoms with van der Waals surface area (Å²) in [6.45, 7) is 0. The van der Waals surface area contributed by atoms with Crippen LogP contribution in [0.25, 0.3) is 0 Å². The number of methoxy groups -OCH3 is 2. The third-order valence-corrected chi connectivity index (χ3v) is 5.91. The van der Waals surface area contributed by atoms with Crippen LogP contribution in [0.1, 0.15) is 11.6 Å². The van der Waals surface area contributed by atoms with Gasteiger partial charge in [-0.3, -0.25) is 14.4 Å². The molecule has 2 saturated heterocycles. The normalized spacial score (nSPS) is 22.2. The first-order valence-corrected chi connectivity index (χ1v) is 10.3. The molecule has 5 rings (SSSR count). The summed E-state index contributed by atoms with van der Waals surface area (Å²) < 4.78 is 10.7. The molecule has 0 spiro atoms. The quantitative estimate of drug-likeness (QED) is 0.575. The van der Waals surface area contributed by atoms with Crippen LogP contribution in [0, 0.1) is 5.92 Å². The second-order valence-corrected chi connectivity index (χ2v) is 7.61. The van der Waals surface area contributed by atoms with E-state index in [2.05, 4.69) is 0 Å². The molecule has 2 heterocycles. The molecule has 32 heavy (non-hydrogen) atoms. The van der Waals surface area contributed by atoms with Crippen LogP contribution in [0.15, 0.2) is 78.9 Å². The Labute approximate surface area is 185 Å². The molecular weight excluding hydrogens is 408 g/mol. The van der Waals surface area contributed by atoms with E-state index in [1.807, 2.05) is 54.6 Å². The maximum Gasteiger partial charge on any atom is 0.266 e. The first-order valence-electron chi connectivity index (χ1n) is 10.3. The number of benzene rings is 3. The summed E-state index contributed by atoms with van der Waals surface area (Å²) in [5, 5.41) is 1.67. The van der Waals surface area contributed by atoms with E-state index in [1.54, 1.807) is 36.4 Å². The van der Waals surface area contributed by atoms with E-state index in [9.17, 15) is 9.59 Å². The molecule has 2 aliphatic heterocycles. The van der Waals surface area contributed by atoms with Crippen molar-refractivity contribution in [1.82, 2.24) is 0 Å². The van der Waals surface area contributed by atoms with Gasteiger partial charge in [-0.2, -0.15) is 0 Å². The number of hydrogen-bond acceptors (Lipinski definition) is 6. The predicted molar refractivity (Wildman–Crippen MR) is 119 cm³/mol. The number of ether oxygens (including phenoxy) is 2. The van der Waals surface area contributed by atoms with Gasteiger partial charge < -0.3 is 9.47 Å². The van der Waals surface area contributed by atoms with Gasteiger partial charge >= 0.3 is 0 Å². The molecule has 3 atom stereocenters. The first-order chi connectivity index (χ1) is 15.6. The highest BCUT2D eigenvalue weighted by atomic mass is 16.7.